The van der Waals surface area contributed by atoms with E-state index in [0.717, 1.165) is 5.56 Å². The molecule has 0 aromatic heterocycles. The molecular weight excluding hydrogens is 484 g/mol. The molecule has 6 atom stereocenters. The first-order valence-corrected chi connectivity index (χ1v) is 13.5. The molecule has 1 aromatic rings. The van der Waals surface area contributed by atoms with Crippen LogP contribution in [0.2, 0.25) is 0 Å². The highest BCUT2D eigenvalue weighted by atomic mass is 16.6. The Morgan fingerprint density at radius 2 is 1.95 bits per heavy atom. The van der Waals surface area contributed by atoms with E-state index in [4.69, 9.17) is 9.47 Å². The smallest absolute Gasteiger partial charge is 0.312 e. The monoisotopic (exact) mass is 524 g/mol. The number of rotatable bonds is 12. The summed E-state index contributed by atoms with van der Waals surface area (Å²) in [5.41, 5.74) is -1.14. The Labute approximate surface area is 225 Å². The van der Waals surface area contributed by atoms with Crippen LogP contribution in [-0.2, 0) is 30.4 Å². The summed E-state index contributed by atoms with van der Waals surface area (Å²) in [6.07, 6.45) is 4.83. The van der Waals surface area contributed by atoms with E-state index in [-0.39, 0.29) is 37.5 Å². The summed E-state index contributed by atoms with van der Waals surface area (Å²) in [5.74, 6) is -2.90. The van der Waals surface area contributed by atoms with Crippen molar-refractivity contribution in [1.29, 1.82) is 0 Å². The van der Waals surface area contributed by atoms with Crippen molar-refractivity contribution in [2.45, 2.75) is 69.9 Å². The molecule has 8 heteroatoms. The standard InChI is InChI=1S/C30H40N2O6/c1-6-8-17-37-28(36)24-23-26(34)32(22(19-33)20(3)4)25(30(23)15-14-29(24,5)38-30)27(35)31(16-7-2)18-21-12-10-9-11-13-21/h6-7,9-13,20,22-25,33H,1-2,8,14-19H2,3-5H3/t22-,23-,24+,25?,29-,30?/m0/s1. The number of amides is 2. The van der Waals surface area contributed by atoms with E-state index in [0.29, 0.717) is 25.8 Å². The molecule has 1 N–H and O–H groups in total. The molecule has 38 heavy (non-hydrogen) atoms. The summed E-state index contributed by atoms with van der Waals surface area (Å²) in [6.45, 7) is 13.7. The molecule has 0 aliphatic carbocycles. The molecule has 1 aromatic carbocycles. The van der Waals surface area contributed by atoms with Crippen LogP contribution in [0, 0.1) is 17.8 Å². The maximum Gasteiger partial charge on any atom is 0.312 e. The second-order valence-corrected chi connectivity index (χ2v) is 11.2. The van der Waals surface area contributed by atoms with E-state index in [1.807, 2.05) is 51.1 Å². The van der Waals surface area contributed by atoms with E-state index >= 15 is 0 Å². The van der Waals surface area contributed by atoms with E-state index in [1.165, 1.54) is 4.90 Å². The van der Waals surface area contributed by atoms with Crippen LogP contribution >= 0.6 is 0 Å². The number of carbonyl (C=O) groups is 3. The minimum atomic E-state index is -1.18. The van der Waals surface area contributed by atoms with Gasteiger partial charge < -0.3 is 24.4 Å². The third-order valence-corrected chi connectivity index (χ3v) is 8.46. The van der Waals surface area contributed by atoms with Gasteiger partial charge in [0.2, 0.25) is 11.8 Å². The molecule has 3 aliphatic heterocycles. The number of nitrogens with zero attached hydrogens (tertiary/aromatic N) is 2. The molecule has 2 unspecified atom stereocenters. The number of carbonyl (C=O) groups excluding carboxylic acids is 3. The lowest BCUT2D eigenvalue weighted by atomic mass is 9.66. The number of fused-ring (bicyclic) bond motifs is 1. The normalized spacial score (nSPS) is 30.3. The van der Waals surface area contributed by atoms with Gasteiger partial charge in [0.15, 0.2) is 0 Å². The largest absolute Gasteiger partial charge is 0.465 e. The van der Waals surface area contributed by atoms with Gasteiger partial charge in [0.25, 0.3) is 0 Å². The number of hydrogen-bond donors (Lipinski definition) is 1. The summed E-state index contributed by atoms with van der Waals surface area (Å²) in [4.78, 5) is 45.3. The van der Waals surface area contributed by atoms with Gasteiger partial charge in [-0.2, -0.15) is 0 Å². The lowest BCUT2D eigenvalue weighted by Gasteiger charge is -2.40. The quantitative estimate of drug-likeness (QED) is 0.256. The van der Waals surface area contributed by atoms with Crippen LogP contribution in [0.5, 0.6) is 0 Å². The first-order chi connectivity index (χ1) is 18.1. The fraction of sp³-hybridized carbons (Fsp3) is 0.567. The average Bonchev–Trinajstić information content (AvgIpc) is 3.45. The number of likely N-dealkylation sites (tertiary alicyclic amines) is 1. The van der Waals surface area contributed by atoms with E-state index < -0.39 is 41.1 Å². The third-order valence-electron chi connectivity index (χ3n) is 8.46. The van der Waals surface area contributed by atoms with Crippen LogP contribution in [0.25, 0.3) is 0 Å². The Balaban J connectivity index is 1.77. The molecule has 0 radical (unpaired) electrons. The van der Waals surface area contributed by atoms with Gasteiger partial charge in [-0.3, -0.25) is 14.4 Å². The Morgan fingerprint density at radius 3 is 2.55 bits per heavy atom. The molecule has 2 bridgehead atoms. The van der Waals surface area contributed by atoms with Gasteiger partial charge in [0.1, 0.15) is 17.6 Å². The van der Waals surface area contributed by atoms with Gasteiger partial charge in [-0.25, -0.2) is 0 Å². The highest BCUT2D eigenvalue weighted by Gasteiger charge is 2.79. The number of ether oxygens (including phenoxy) is 2. The molecule has 206 valence electrons. The zero-order chi connectivity index (χ0) is 27.7. The molecule has 3 aliphatic rings. The summed E-state index contributed by atoms with van der Waals surface area (Å²) < 4.78 is 12.2. The lowest BCUT2D eigenvalue weighted by molar-refractivity contribution is -0.162. The van der Waals surface area contributed by atoms with Crippen molar-refractivity contribution in [2.75, 3.05) is 19.8 Å². The third kappa shape index (κ3) is 4.58. The number of aliphatic hydroxyl groups excluding tert-OH is 1. The molecule has 0 saturated carbocycles. The molecule has 3 heterocycles. The minimum absolute atomic E-state index is 0.123. The molecule has 2 amide bonds. The van der Waals surface area contributed by atoms with Crippen LogP contribution in [0.15, 0.2) is 55.6 Å². The van der Waals surface area contributed by atoms with Crippen LogP contribution in [0.1, 0.15) is 45.6 Å². The molecule has 8 nitrogen and oxygen atoms in total. The van der Waals surface area contributed by atoms with Crippen molar-refractivity contribution >= 4 is 17.8 Å². The first kappa shape index (κ1) is 28.0. The van der Waals surface area contributed by atoms with Crippen molar-refractivity contribution in [3.05, 3.63) is 61.2 Å². The number of benzene rings is 1. The van der Waals surface area contributed by atoms with Crippen LogP contribution < -0.4 is 0 Å². The average molecular weight is 525 g/mol. The van der Waals surface area contributed by atoms with Crippen LogP contribution in [-0.4, -0.2) is 75.7 Å². The second-order valence-electron chi connectivity index (χ2n) is 11.2. The van der Waals surface area contributed by atoms with Crippen molar-refractivity contribution in [2.24, 2.45) is 17.8 Å². The highest BCUT2D eigenvalue weighted by molar-refractivity contribution is 5.98. The maximum absolute atomic E-state index is 14.5. The molecule has 3 saturated heterocycles. The van der Waals surface area contributed by atoms with E-state index in [9.17, 15) is 19.5 Å². The van der Waals surface area contributed by atoms with Crippen molar-refractivity contribution < 1.29 is 29.0 Å². The Kier molecular flexibility index (Phi) is 8.14. The van der Waals surface area contributed by atoms with Gasteiger partial charge in [-0.05, 0) is 37.7 Å². The summed E-state index contributed by atoms with van der Waals surface area (Å²) in [6, 6.07) is 8.05. The van der Waals surface area contributed by atoms with Crippen molar-refractivity contribution in [1.82, 2.24) is 9.80 Å². The molecule has 1 spiro atoms. The zero-order valence-corrected chi connectivity index (χ0v) is 22.7. The summed E-state index contributed by atoms with van der Waals surface area (Å²) in [5, 5.41) is 10.4. The Bertz CT molecular complexity index is 1070. The molecule has 3 fully saturated rings. The van der Waals surface area contributed by atoms with Crippen LogP contribution in [0.3, 0.4) is 0 Å². The van der Waals surface area contributed by atoms with Gasteiger partial charge in [0.05, 0.1) is 30.8 Å². The zero-order valence-electron chi connectivity index (χ0n) is 22.7. The minimum Gasteiger partial charge on any atom is -0.465 e. The number of esters is 1. The van der Waals surface area contributed by atoms with Gasteiger partial charge in [0, 0.05) is 13.1 Å². The highest BCUT2D eigenvalue weighted by Crippen LogP contribution is 2.64. The predicted molar refractivity (Wildman–Crippen MR) is 143 cm³/mol. The second kappa shape index (κ2) is 11.0. The SMILES string of the molecule is C=CCCOC(=O)[C@H]1[C@H]2C(=O)N([C@@H](CO)C(C)C)C(C(=O)N(CC=C)Cc3ccccc3)C23CC[C@]1(C)O3. The fourth-order valence-electron chi connectivity index (χ4n) is 6.68. The van der Waals surface area contributed by atoms with Crippen molar-refractivity contribution in [3.63, 3.8) is 0 Å². The predicted octanol–water partition coefficient (Wildman–Crippen LogP) is 3.10. The van der Waals surface area contributed by atoms with Gasteiger partial charge >= 0.3 is 5.97 Å². The van der Waals surface area contributed by atoms with Gasteiger partial charge in [-0.15, -0.1) is 13.2 Å². The number of aliphatic hydroxyl groups is 1. The summed E-state index contributed by atoms with van der Waals surface area (Å²) >= 11 is 0. The van der Waals surface area contributed by atoms with E-state index in [1.54, 1.807) is 17.1 Å². The lowest BCUT2D eigenvalue weighted by Crippen LogP contribution is -2.59. The topological polar surface area (TPSA) is 96.4 Å². The summed E-state index contributed by atoms with van der Waals surface area (Å²) in [7, 11) is 0. The number of hydrogen-bond acceptors (Lipinski definition) is 6. The molecular formula is C30H40N2O6. The molecule has 4 rings (SSSR count). The first-order valence-electron chi connectivity index (χ1n) is 13.5. The van der Waals surface area contributed by atoms with E-state index in [2.05, 4.69) is 13.2 Å². The van der Waals surface area contributed by atoms with Gasteiger partial charge in [-0.1, -0.05) is 56.3 Å². The van der Waals surface area contributed by atoms with Crippen LogP contribution in [0.4, 0.5) is 0 Å². The van der Waals surface area contributed by atoms with Crippen molar-refractivity contribution in [3.8, 4) is 0 Å². The fourth-order valence-corrected chi connectivity index (χ4v) is 6.68. The Hall–Kier alpha value is -2.97. The maximum atomic E-state index is 14.5. The Morgan fingerprint density at radius 1 is 1.24 bits per heavy atom.